The Bertz CT molecular complexity index is 427. The third-order valence-electron chi connectivity index (χ3n) is 4.58. The van der Waals surface area contributed by atoms with E-state index in [1.165, 1.54) is 37.8 Å². The predicted molar refractivity (Wildman–Crippen MR) is 83.3 cm³/mol. The van der Waals surface area contributed by atoms with Crippen molar-refractivity contribution in [2.24, 2.45) is 11.8 Å². The van der Waals surface area contributed by atoms with E-state index in [0.717, 1.165) is 30.5 Å². The number of rotatable bonds is 6. The van der Waals surface area contributed by atoms with Gasteiger partial charge in [0.15, 0.2) is 0 Å². The zero-order chi connectivity index (χ0) is 15.2. The van der Waals surface area contributed by atoms with E-state index in [4.69, 9.17) is 0 Å². The van der Waals surface area contributed by atoms with Crippen molar-refractivity contribution in [2.45, 2.75) is 58.4 Å². The molecular formula is C18H27F2N. The topological polar surface area (TPSA) is 12.0 Å². The van der Waals surface area contributed by atoms with Crippen LogP contribution < -0.4 is 5.32 Å². The lowest BCUT2D eigenvalue weighted by atomic mass is 9.77. The molecule has 1 aromatic carbocycles. The van der Waals surface area contributed by atoms with E-state index in [2.05, 4.69) is 19.2 Å². The van der Waals surface area contributed by atoms with E-state index in [-0.39, 0.29) is 0 Å². The Morgan fingerprint density at radius 3 is 2.52 bits per heavy atom. The van der Waals surface area contributed by atoms with Crippen LogP contribution in [0.25, 0.3) is 0 Å². The minimum absolute atomic E-state index is 0.328. The SMILES string of the molecule is CCCNC(Cc1cc(F)cc(F)c1)C1CCCC(C)C1. The fourth-order valence-electron chi connectivity index (χ4n) is 3.56. The maximum absolute atomic E-state index is 13.4. The van der Waals surface area contributed by atoms with Gasteiger partial charge in [-0.2, -0.15) is 0 Å². The highest BCUT2D eigenvalue weighted by molar-refractivity contribution is 5.19. The van der Waals surface area contributed by atoms with Gasteiger partial charge >= 0.3 is 0 Å². The van der Waals surface area contributed by atoms with Crippen LogP contribution in [0, 0.1) is 23.5 Å². The van der Waals surface area contributed by atoms with Crippen molar-refractivity contribution >= 4 is 0 Å². The second-order valence-electron chi connectivity index (χ2n) is 6.57. The predicted octanol–water partition coefficient (Wildman–Crippen LogP) is 4.70. The molecular weight excluding hydrogens is 268 g/mol. The molecule has 0 heterocycles. The highest BCUT2D eigenvalue weighted by atomic mass is 19.1. The fourth-order valence-corrected chi connectivity index (χ4v) is 3.56. The molecule has 1 N–H and O–H groups in total. The number of hydrogen-bond acceptors (Lipinski definition) is 1. The van der Waals surface area contributed by atoms with Crippen LogP contribution in [0.3, 0.4) is 0 Å². The molecule has 2 rings (SSSR count). The van der Waals surface area contributed by atoms with Crippen LogP contribution in [-0.4, -0.2) is 12.6 Å². The Balaban J connectivity index is 2.07. The second-order valence-corrected chi connectivity index (χ2v) is 6.57. The summed E-state index contributed by atoms with van der Waals surface area (Å²) in [6, 6.07) is 4.21. The molecule has 1 saturated carbocycles. The van der Waals surface area contributed by atoms with Crippen LogP contribution in [0.2, 0.25) is 0 Å². The van der Waals surface area contributed by atoms with Gasteiger partial charge in [-0.25, -0.2) is 8.78 Å². The van der Waals surface area contributed by atoms with Gasteiger partial charge in [-0.3, -0.25) is 0 Å². The van der Waals surface area contributed by atoms with Gasteiger partial charge in [0, 0.05) is 12.1 Å². The molecule has 3 heteroatoms. The summed E-state index contributed by atoms with van der Waals surface area (Å²) in [7, 11) is 0. The van der Waals surface area contributed by atoms with Gasteiger partial charge in [-0.15, -0.1) is 0 Å². The van der Waals surface area contributed by atoms with Gasteiger partial charge in [0.25, 0.3) is 0 Å². The zero-order valence-corrected chi connectivity index (χ0v) is 13.2. The van der Waals surface area contributed by atoms with E-state index >= 15 is 0 Å². The van der Waals surface area contributed by atoms with Gasteiger partial charge in [0.05, 0.1) is 0 Å². The normalized spacial score (nSPS) is 24.0. The number of benzene rings is 1. The van der Waals surface area contributed by atoms with Crippen LogP contribution in [-0.2, 0) is 6.42 Å². The number of hydrogen-bond donors (Lipinski definition) is 1. The van der Waals surface area contributed by atoms with E-state index in [0.29, 0.717) is 18.4 Å². The highest BCUT2D eigenvalue weighted by Gasteiger charge is 2.26. The first-order valence-corrected chi connectivity index (χ1v) is 8.26. The molecule has 0 aliphatic heterocycles. The monoisotopic (exact) mass is 295 g/mol. The van der Waals surface area contributed by atoms with Gasteiger partial charge in [-0.05, 0) is 61.8 Å². The third kappa shape index (κ3) is 5.06. The maximum atomic E-state index is 13.4. The summed E-state index contributed by atoms with van der Waals surface area (Å²) in [6.07, 6.45) is 6.82. The van der Waals surface area contributed by atoms with E-state index in [9.17, 15) is 8.78 Å². The molecule has 1 fully saturated rings. The van der Waals surface area contributed by atoms with Gasteiger partial charge in [0.1, 0.15) is 11.6 Å². The average molecular weight is 295 g/mol. The lowest BCUT2D eigenvalue weighted by molar-refractivity contribution is 0.221. The first-order chi connectivity index (χ1) is 10.1. The lowest BCUT2D eigenvalue weighted by Gasteiger charge is -2.34. The van der Waals surface area contributed by atoms with Crippen molar-refractivity contribution in [2.75, 3.05) is 6.54 Å². The molecule has 21 heavy (non-hydrogen) atoms. The summed E-state index contributed by atoms with van der Waals surface area (Å²) in [5.74, 6) is 0.429. The quantitative estimate of drug-likeness (QED) is 0.802. The summed E-state index contributed by atoms with van der Waals surface area (Å²) in [5, 5.41) is 3.60. The average Bonchev–Trinajstić information content (AvgIpc) is 2.42. The third-order valence-corrected chi connectivity index (χ3v) is 4.58. The van der Waals surface area contributed by atoms with Crippen LogP contribution in [0.4, 0.5) is 8.78 Å². The summed E-state index contributed by atoms with van der Waals surface area (Å²) in [4.78, 5) is 0. The van der Waals surface area contributed by atoms with Crippen molar-refractivity contribution in [3.05, 3.63) is 35.4 Å². The van der Waals surface area contributed by atoms with Crippen LogP contribution in [0.15, 0.2) is 18.2 Å². The first kappa shape index (κ1) is 16.4. The Labute approximate surface area is 127 Å². The molecule has 1 nitrogen and oxygen atoms in total. The van der Waals surface area contributed by atoms with Crippen molar-refractivity contribution in [3.63, 3.8) is 0 Å². The Kier molecular flexibility index (Phi) is 6.16. The van der Waals surface area contributed by atoms with Crippen molar-refractivity contribution < 1.29 is 8.78 Å². The molecule has 1 aromatic rings. The molecule has 0 radical (unpaired) electrons. The van der Waals surface area contributed by atoms with Crippen molar-refractivity contribution in [1.29, 1.82) is 0 Å². The van der Waals surface area contributed by atoms with E-state index in [1.807, 2.05) is 0 Å². The summed E-state index contributed by atoms with van der Waals surface area (Å²) >= 11 is 0. The molecule has 1 aliphatic carbocycles. The van der Waals surface area contributed by atoms with Gasteiger partial charge in [0.2, 0.25) is 0 Å². The lowest BCUT2D eigenvalue weighted by Crippen LogP contribution is -2.40. The smallest absolute Gasteiger partial charge is 0.126 e. The van der Waals surface area contributed by atoms with Gasteiger partial charge in [-0.1, -0.05) is 26.7 Å². The number of nitrogens with one attached hydrogen (secondary N) is 1. The van der Waals surface area contributed by atoms with Crippen LogP contribution in [0.5, 0.6) is 0 Å². The summed E-state index contributed by atoms with van der Waals surface area (Å²) < 4.78 is 26.7. The minimum atomic E-state index is -0.476. The fraction of sp³-hybridized carbons (Fsp3) is 0.667. The first-order valence-electron chi connectivity index (χ1n) is 8.26. The largest absolute Gasteiger partial charge is 0.313 e. The van der Waals surface area contributed by atoms with E-state index < -0.39 is 11.6 Å². The number of halogens is 2. The molecule has 3 unspecified atom stereocenters. The molecule has 0 aromatic heterocycles. The standard InChI is InChI=1S/C18H27F2N/c1-3-7-21-18(15-6-4-5-13(2)8-15)11-14-9-16(19)12-17(20)10-14/h9-10,12-13,15,18,21H,3-8,11H2,1-2H3. The van der Waals surface area contributed by atoms with Crippen molar-refractivity contribution in [1.82, 2.24) is 5.32 Å². The van der Waals surface area contributed by atoms with Crippen LogP contribution in [0.1, 0.15) is 51.5 Å². The molecule has 0 bridgehead atoms. The Morgan fingerprint density at radius 2 is 1.90 bits per heavy atom. The maximum Gasteiger partial charge on any atom is 0.126 e. The Morgan fingerprint density at radius 1 is 1.19 bits per heavy atom. The van der Waals surface area contributed by atoms with Gasteiger partial charge < -0.3 is 5.32 Å². The highest BCUT2D eigenvalue weighted by Crippen LogP contribution is 2.32. The summed E-state index contributed by atoms with van der Waals surface area (Å²) in [5.41, 5.74) is 0.763. The molecule has 0 spiro atoms. The molecule has 0 amide bonds. The summed E-state index contributed by atoms with van der Waals surface area (Å²) in [6.45, 7) is 5.42. The molecule has 3 atom stereocenters. The molecule has 0 saturated heterocycles. The van der Waals surface area contributed by atoms with Crippen LogP contribution >= 0.6 is 0 Å². The molecule has 118 valence electrons. The second kappa shape index (κ2) is 7.88. The zero-order valence-electron chi connectivity index (χ0n) is 13.2. The Hall–Kier alpha value is -0.960. The minimum Gasteiger partial charge on any atom is -0.313 e. The van der Waals surface area contributed by atoms with E-state index in [1.54, 1.807) is 0 Å². The molecule has 1 aliphatic rings. The van der Waals surface area contributed by atoms with Crippen molar-refractivity contribution in [3.8, 4) is 0 Å².